The lowest BCUT2D eigenvalue weighted by atomic mass is 9.98. The molecule has 0 radical (unpaired) electrons. The maximum absolute atomic E-state index is 12.2. The summed E-state index contributed by atoms with van der Waals surface area (Å²) >= 11 is 3.39. The molecule has 0 fully saturated rings. The van der Waals surface area contributed by atoms with E-state index in [2.05, 4.69) is 21.2 Å². The van der Waals surface area contributed by atoms with Gasteiger partial charge in [-0.2, -0.15) is 0 Å². The van der Waals surface area contributed by atoms with E-state index in [1.54, 1.807) is 13.8 Å². The van der Waals surface area contributed by atoms with Gasteiger partial charge in [-0.05, 0) is 32.0 Å². The van der Waals surface area contributed by atoms with Crippen molar-refractivity contribution >= 4 is 21.8 Å². The first-order valence-corrected chi connectivity index (χ1v) is 6.57. The summed E-state index contributed by atoms with van der Waals surface area (Å²) in [6, 6.07) is 5.64. The molecule has 0 spiro atoms. The molecule has 4 nitrogen and oxygen atoms in total. The summed E-state index contributed by atoms with van der Waals surface area (Å²) < 4.78 is 6.41. The van der Waals surface area contributed by atoms with Crippen LogP contribution in [0.3, 0.4) is 0 Å². The number of aliphatic hydroxyl groups is 1. The maximum Gasteiger partial charge on any atom is 0.231 e. The first-order chi connectivity index (χ1) is 8.43. The lowest BCUT2D eigenvalue weighted by Crippen LogP contribution is -2.48. The number of ether oxygens (including phenoxy) is 1. The average Bonchev–Trinajstić information content (AvgIpc) is 2.71. The summed E-state index contributed by atoms with van der Waals surface area (Å²) in [5, 5.41) is 12.0. The van der Waals surface area contributed by atoms with Crippen LogP contribution in [0.25, 0.3) is 0 Å². The topological polar surface area (TPSA) is 58.6 Å². The van der Waals surface area contributed by atoms with Gasteiger partial charge in [-0.15, -0.1) is 0 Å². The van der Waals surface area contributed by atoms with Crippen molar-refractivity contribution in [1.82, 2.24) is 5.32 Å². The normalized spacial score (nSPS) is 18.1. The number of carbonyl (C=O) groups excluding carboxylic acids is 1. The average molecular weight is 314 g/mol. The van der Waals surface area contributed by atoms with Crippen LogP contribution in [0.1, 0.15) is 25.3 Å². The fourth-order valence-corrected chi connectivity index (χ4v) is 2.24. The van der Waals surface area contributed by atoms with E-state index in [4.69, 9.17) is 4.74 Å². The number of benzene rings is 1. The van der Waals surface area contributed by atoms with Gasteiger partial charge in [0.15, 0.2) is 0 Å². The molecule has 0 aliphatic carbocycles. The van der Waals surface area contributed by atoms with Crippen molar-refractivity contribution in [3.8, 4) is 5.75 Å². The lowest BCUT2D eigenvalue weighted by molar-refractivity contribution is -0.124. The van der Waals surface area contributed by atoms with E-state index in [1.165, 1.54) is 0 Å². The van der Waals surface area contributed by atoms with E-state index in [-0.39, 0.29) is 18.4 Å². The summed E-state index contributed by atoms with van der Waals surface area (Å²) in [4.78, 5) is 12.2. The van der Waals surface area contributed by atoms with Gasteiger partial charge in [-0.25, -0.2) is 0 Å². The van der Waals surface area contributed by atoms with Gasteiger partial charge in [0.1, 0.15) is 18.3 Å². The molecule has 18 heavy (non-hydrogen) atoms. The zero-order chi connectivity index (χ0) is 13.3. The number of hydrogen-bond donors (Lipinski definition) is 2. The minimum absolute atomic E-state index is 0.0995. The van der Waals surface area contributed by atoms with Crippen molar-refractivity contribution in [3.05, 3.63) is 28.2 Å². The molecule has 0 saturated carbocycles. The second kappa shape index (κ2) is 4.90. The van der Waals surface area contributed by atoms with Crippen molar-refractivity contribution in [1.29, 1.82) is 0 Å². The molecular weight excluding hydrogens is 298 g/mol. The van der Waals surface area contributed by atoms with Crippen molar-refractivity contribution in [2.75, 3.05) is 13.2 Å². The van der Waals surface area contributed by atoms with Gasteiger partial charge in [0, 0.05) is 10.0 Å². The molecule has 0 aromatic heterocycles. The number of hydrogen-bond acceptors (Lipinski definition) is 3. The fourth-order valence-electron chi connectivity index (χ4n) is 1.86. The van der Waals surface area contributed by atoms with Gasteiger partial charge in [-0.3, -0.25) is 4.79 Å². The van der Waals surface area contributed by atoms with Gasteiger partial charge in [0.05, 0.1) is 12.1 Å². The van der Waals surface area contributed by atoms with Crippen LogP contribution in [0.4, 0.5) is 0 Å². The smallest absolute Gasteiger partial charge is 0.231 e. The second-order valence-electron chi connectivity index (χ2n) is 5.08. The van der Waals surface area contributed by atoms with Crippen LogP contribution in [-0.2, 0) is 4.79 Å². The molecule has 1 aromatic rings. The highest BCUT2D eigenvalue weighted by Gasteiger charge is 2.33. The summed E-state index contributed by atoms with van der Waals surface area (Å²) in [6.45, 7) is 3.81. The van der Waals surface area contributed by atoms with Crippen molar-refractivity contribution < 1.29 is 14.6 Å². The van der Waals surface area contributed by atoms with E-state index in [9.17, 15) is 9.90 Å². The standard InChI is InChI=1S/C13H16BrNO3/c1-13(2,7-16)15-12(17)10-6-18-11-4-3-8(14)5-9(10)11/h3-5,10,16H,6-7H2,1-2H3,(H,15,17). The third kappa shape index (κ3) is 2.67. The molecule has 1 heterocycles. The quantitative estimate of drug-likeness (QED) is 0.895. The van der Waals surface area contributed by atoms with Crippen molar-refractivity contribution in [3.63, 3.8) is 0 Å². The maximum atomic E-state index is 12.2. The number of fused-ring (bicyclic) bond motifs is 1. The first kappa shape index (κ1) is 13.4. The Morgan fingerprint density at radius 2 is 2.33 bits per heavy atom. The molecule has 2 N–H and O–H groups in total. The van der Waals surface area contributed by atoms with E-state index < -0.39 is 5.54 Å². The second-order valence-corrected chi connectivity index (χ2v) is 5.99. The molecule has 0 saturated heterocycles. The highest BCUT2D eigenvalue weighted by atomic mass is 79.9. The van der Waals surface area contributed by atoms with E-state index in [0.29, 0.717) is 6.61 Å². The van der Waals surface area contributed by atoms with E-state index in [0.717, 1.165) is 15.8 Å². The monoisotopic (exact) mass is 313 g/mol. The Morgan fingerprint density at radius 1 is 1.61 bits per heavy atom. The SMILES string of the molecule is CC(C)(CO)NC(=O)C1COc2ccc(Br)cc21. The Labute approximate surface area is 114 Å². The fraction of sp³-hybridized carbons (Fsp3) is 0.462. The van der Waals surface area contributed by atoms with E-state index in [1.807, 2.05) is 18.2 Å². The number of amides is 1. The molecule has 1 aromatic carbocycles. The largest absolute Gasteiger partial charge is 0.492 e. The molecule has 1 unspecified atom stereocenters. The van der Waals surface area contributed by atoms with Crippen LogP contribution < -0.4 is 10.1 Å². The van der Waals surface area contributed by atoms with Gasteiger partial charge in [0.2, 0.25) is 5.91 Å². The number of carbonyl (C=O) groups is 1. The molecule has 0 bridgehead atoms. The minimum atomic E-state index is -0.619. The zero-order valence-electron chi connectivity index (χ0n) is 10.4. The summed E-state index contributed by atoms with van der Waals surface area (Å²) in [6.07, 6.45) is 0. The number of nitrogens with one attached hydrogen (secondary N) is 1. The third-order valence-corrected chi connectivity index (χ3v) is 3.42. The molecule has 1 atom stereocenters. The van der Waals surface area contributed by atoms with Gasteiger partial charge in [0.25, 0.3) is 0 Å². The van der Waals surface area contributed by atoms with Crippen molar-refractivity contribution in [2.24, 2.45) is 0 Å². The molecule has 2 rings (SSSR count). The predicted octanol–water partition coefficient (Wildman–Crippen LogP) is 1.81. The third-order valence-electron chi connectivity index (χ3n) is 2.93. The van der Waals surface area contributed by atoms with Gasteiger partial charge in [-0.1, -0.05) is 15.9 Å². The molecule has 5 heteroatoms. The summed E-state index contributed by atoms with van der Waals surface area (Å²) in [7, 11) is 0. The van der Waals surface area contributed by atoms with E-state index >= 15 is 0 Å². The Balaban J connectivity index is 2.18. The molecule has 1 amide bonds. The van der Waals surface area contributed by atoms with Crippen LogP contribution in [-0.4, -0.2) is 29.8 Å². The molecule has 1 aliphatic heterocycles. The van der Waals surface area contributed by atoms with Crippen LogP contribution in [0.15, 0.2) is 22.7 Å². The van der Waals surface area contributed by atoms with Crippen LogP contribution in [0.5, 0.6) is 5.75 Å². The van der Waals surface area contributed by atoms with Crippen LogP contribution >= 0.6 is 15.9 Å². The van der Waals surface area contributed by atoms with Gasteiger partial charge >= 0.3 is 0 Å². The van der Waals surface area contributed by atoms with Gasteiger partial charge < -0.3 is 15.2 Å². The Kier molecular flexibility index (Phi) is 3.64. The highest BCUT2D eigenvalue weighted by molar-refractivity contribution is 9.10. The molecular formula is C13H16BrNO3. The number of aliphatic hydroxyl groups excluding tert-OH is 1. The number of rotatable bonds is 3. The summed E-state index contributed by atoms with van der Waals surface area (Å²) in [5.41, 5.74) is 0.266. The zero-order valence-corrected chi connectivity index (χ0v) is 12.0. The lowest BCUT2D eigenvalue weighted by Gasteiger charge is -2.25. The molecule has 98 valence electrons. The minimum Gasteiger partial charge on any atom is -0.492 e. The highest BCUT2D eigenvalue weighted by Crippen LogP contribution is 2.36. The number of halogens is 1. The van der Waals surface area contributed by atoms with Crippen LogP contribution in [0.2, 0.25) is 0 Å². The first-order valence-electron chi connectivity index (χ1n) is 5.78. The Morgan fingerprint density at radius 3 is 3.00 bits per heavy atom. The molecule has 1 aliphatic rings. The summed E-state index contributed by atoms with van der Waals surface area (Å²) in [5.74, 6) is 0.314. The van der Waals surface area contributed by atoms with Crippen LogP contribution in [0, 0.1) is 0 Å². The van der Waals surface area contributed by atoms with Crippen molar-refractivity contribution in [2.45, 2.75) is 25.3 Å². The predicted molar refractivity (Wildman–Crippen MR) is 71.7 cm³/mol. The Bertz CT molecular complexity index is 473. The Hall–Kier alpha value is -1.07.